The maximum atomic E-state index is 13.0. The van der Waals surface area contributed by atoms with Crippen LogP contribution in [0.3, 0.4) is 0 Å². The Morgan fingerprint density at radius 2 is 1.97 bits per heavy atom. The number of imide groups is 1. The average Bonchev–Trinajstić information content (AvgIpc) is 3.32. The molecule has 12 nitrogen and oxygen atoms in total. The quantitative estimate of drug-likeness (QED) is 0.508. The van der Waals surface area contributed by atoms with Crippen LogP contribution in [0.15, 0.2) is 0 Å². The molecule has 12 heteroatoms. The Bertz CT molecular complexity index is 754. The molecule has 0 radical (unpaired) electrons. The summed E-state index contributed by atoms with van der Waals surface area (Å²) in [6.45, 7) is 9.66. The van der Waals surface area contributed by atoms with Gasteiger partial charge in [-0.2, -0.15) is 4.90 Å². The maximum Gasteiger partial charge on any atom is 0.420 e. The first-order chi connectivity index (χ1) is 16.0. The van der Waals surface area contributed by atoms with Crippen LogP contribution in [0.25, 0.3) is 0 Å². The van der Waals surface area contributed by atoms with Gasteiger partial charge in [-0.3, -0.25) is 0 Å². The normalized spacial score (nSPS) is 37.2. The summed E-state index contributed by atoms with van der Waals surface area (Å²) in [6, 6.07) is -0.919. The SMILES string of the molecule is COCO[C@H]1CCO[C@@H]1CO[C@@H]1O[C@@H]2COC(C)(C)O[C@H]2[C@H]2OC(=O)N(C(=O)OC(C)(C)C)[C@@H]12. The molecule has 4 aliphatic heterocycles. The van der Waals surface area contributed by atoms with E-state index in [9.17, 15) is 9.59 Å². The molecule has 0 saturated carbocycles. The van der Waals surface area contributed by atoms with Gasteiger partial charge in [0.05, 0.1) is 19.3 Å². The Balaban J connectivity index is 1.53. The summed E-state index contributed by atoms with van der Waals surface area (Å²) in [7, 11) is 1.55. The Morgan fingerprint density at radius 1 is 1.21 bits per heavy atom. The predicted molar refractivity (Wildman–Crippen MR) is 113 cm³/mol. The Labute approximate surface area is 198 Å². The van der Waals surface area contributed by atoms with Crippen molar-refractivity contribution >= 4 is 12.2 Å². The van der Waals surface area contributed by atoms with E-state index in [2.05, 4.69) is 0 Å². The fourth-order valence-corrected chi connectivity index (χ4v) is 4.48. The lowest BCUT2D eigenvalue weighted by molar-refractivity contribution is -0.367. The van der Waals surface area contributed by atoms with Gasteiger partial charge in [0.25, 0.3) is 0 Å². The first-order valence-electron chi connectivity index (χ1n) is 11.5. The molecule has 0 aromatic rings. The van der Waals surface area contributed by atoms with Crippen molar-refractivity contribution < 1.29 is 52.2 Å². The Kier molecular flexibility index (Phi) is 7.40. The van der Waals surface area contributed by atoms with E-state index in [1.54, 1.807) is 41.7 Å². The lowest BCUT2D eigenvalue weighted by atomic mass is 9.95. The molecule has 4 heterocycles. The summed E-state index contributed by atoms with van der Waals surface area (Å²) in [6.07, 6.45) is -4.59. The fraction of sp³-hybridized carbons (Fsp3) is 0.909. The highest BCUT2D eigenvalue weighted by Crippen LogP contribution is 2.40. The van der Waals surface area contributed by atoms with Crippen LogP contribution in [-0.2, 0) is 42.6 Å². The van der Waals surface area contributed by atoms with E-state index in [1.165, 1.54) is 0 Å². The van der Waals surface area contributed by atoms with E-state index >= 15 is 0 Å². The molecule has 4 rings (SSSR count). The molecule has 0 N–H and O–H groups in total. The van der Waals surface area contributed by atoms with Crippen molar-refractivity contribution in [3.63, 3.8) is 0 Å². The van der Waals surface area contributed by atoms with Crippen molar-refractivity contribution in [2.45, 2.75) is 95.3 Å². The van der Waals surface area contributed by atoms with Crippen molar-refractivity contribution in [3.05, 3.63) is 0 Å². The van der Waals surface area contributed by atoms with Crippen molar-refractivity contribution in [2.75, 3.05) is 33.7 Å². The zero-order chi connectivity index (χ0) is 24.7. The highest BCUT2D eigenvalue weighted by atomic mass is 16.8. The minimum absolute atomic E-state index is 0.114. The summed E-state index contributed by atoms with van der Waals surface area (Å²) in [5.74, 6) is -0.905. The van der Waals surface area contributed by atoms with Gasteiger partial charge in [0.15, 0.2) is 18.2 Å². The molecule has 0 unspecified atom stereocenters. The summed E-state index contributed by atoms with van der Waals surface area (Å²) in [5, 5.41) is 0. The van der Waals surface area contributed by atoms with Crippen LogP contribution in [0.1, 0.15) is 41.0 Å². The number of carbonyl (C=O) groups excluding carboxylic acids is 2. The molecule has 0 aromatic carbocycles. The minimum Gasteiger partial charge on any atom is -0.443 e. The Morgan fingerprint density at radius 3 is 2.68 bits per heavy atom. The molecular formula is C22H35NO11. The molecule has 0 aliphatic carbocycles. The van der Waals surface area contributed by atoms with Gasteiger partial charge in [0.2, 0.25) is 0 Å². The zero-order valence-corrected chi connectivity index (χ0v) is 20.5. The molecule has 0 spiro atoms. The second kappa shape index (κ2) is 9.84. The highest BCUT2D eigenvalue weighted by Gasteiger charge is 2.62. The minimum atomic E-state index is -1.01. The van der Waals surface area contributed by atoms with E-state index in [0.29, 0.717) is 13.0 Å². The van der Waals surface area contributed by atoms with Crippen molar-refractivity contribution in [2.24, 2.45) is 0 Å². The number of carbonyl (C=O) groups is 2. The number of hydrogen-bond acceptors (Lipinski definition) is 11. The van der Waals surface area contributed by atoms with Crippen LogP contribution < -0.4 is 0 Å². The lowest BCUT2D eigenvalue weighted by Crippen LogP contribution is -2.66. The zero-order valence-electron chi connectivity index (χ0n) is 20.5. The standard InChI is InChI=1S/C22H35NO11/c1-21(2,3)34-20(25)23-15-17(32-19(23)24)16-14(10-30-22(4,5)33-16)31-18(15)28-9-13-12(7-8-27-13)29-11-26-6/h12-18H,7-11H2,1-6H3/t12-,13+,14+,15+,16+,17-,18+/m0/s1. The lowest BCUT2D eigenvalue weighted by Gasteiger charge is -2.48. The van der Waals surface area contributed by atoms with E-state index < -0.39 is 54.2 Å². The van der Waals surface area contributed by atoms with E-state index in [4.69, 9.17) is 42.6 Å². The Hall–Kier alpha value is -1.54. The maximum absolute atomic E-state index is 13.0. The molecule has 194 valence electrons. The van der Waals surface area contributed by atoms with Crippen molar-refractivity contribution in [1.82, 2.24) is 4.90 Å². The second-order valence-corrected chi connectivity index (χ2v) is 10.2. The van der Waals surface area contributed by atoms with Gasteiger partial charge in [-0.1, -0.05) is 0 Å². The summed E-state index contributed by atoms with van der Waals surface area (Å²) >= 11 is 0. The first kappa shape index (κ1) is 25.5. The predicted octanol–water partition coefficient (Wildman–Crippen LogP) is 1.78. The largest absolute Gasteiger partial charge is 0.443 e. The summed E-state index contributed by atoms with van der Waals surface area (Å²) in [5.41, 5.74) is -0.815. The molecule has 4 aliphatic rings. The van der Waals surface area contributed by atoms with Gasteiger partial charge < -0.3 is 42.6 Å². The van der Waals surface area contributed by atoms with Crippen LogP contribution in [0, 0.1) is 0 Å². The number of amides is 2. The first-order valence-corrected chi connectivity index (χ1v) is 11.5. The molecule has 34 heavy (non-hydrogen) atoms. The van der Waals surface area contributed by atoms with E-state index in [-0.39, 0.29) is 32.2 Å². The van der Waals surface area contributed by atoms with E-state index in [0.717, 1.165) is 4.90 Å². The van der Waals surface area contributed by atoms with Crippen LogP contribution in [0.2, 0.25) is 0 Å². The number of methoxy groups -OCH3 is 1. The monoisotopic (exact) mass is 489 g/mol. The molecule has 4 fully saturated rings. The molecule has 0 bridgehead atoms. The third-order valence-corrected chi connectivity index (χ3v) is 5.93. The third-order valence-electron chi connectivity index (χ3n) is 5.93. The number of rotatable bonds is 6. The number of ether oxygens (including phenoxy) is 9. The number of fused-ring (bicyclic) bond motifs is 3. The molecule has 7 atom stereocenters. The summed E-state index contributed by atoms with van der Waals surface area (Å²) in [4.78, 5) is 26.7. The van der Waals surface area contributed by atoms with Crippen molar-refractivity contribution in [1.29, 1.82) is 0 Å². The average molecular weight is 490 g/mol. The molecule has 0 aromatic heterocycles. The molecular weight excluding hydrogens is 454 g/mol. The summed E-state index contributed by atoms with van der Waals surface area (Å²) < 4.78 is 51.5. The second-order valence-electron chi connectivity index (χ2n) is 10.2. The van der Waals surface area contributed by atoms with E-state index in [1.807, 2.05) is 0 Å². The van der Waals surface area contributed by atoms with Crippen LogP contribution in [-0.4, -0.2) is 105 Å². The third kappa shape index (κ3) is 5.48. The number of nitrogens with zero attached hydrogens (tertiary/aromatic N) is 1. The van der Waals surface area contributed by atoms with Crippen LogP contribution >= 0.6 is 0 Å². The fourth-order valence-electron chi connectivity index (χ4n) is 4.48. The number of hydrogen-bond donors (Lipinski definition) is 0. The van der Waals surface area contributed by atoms with Gasteiger partial charge in [-0.15, -0.1) is 0 Å². The van der Waals surface area contributed by atoms with Crippen molar-refractivity contribution in [3.8, 4) is 0 Å². The van der Waals surface area contributed by atoms with Gasteiger partial charge in [-0.25, -0.2) is 9.59 Å². The van der Waals surface area contributed by atoms with Crippen LogP contribution in [0.5, 0.6) is 0 Å². The van der Waals surface area contributed by atoms with Crippen LogP contribution in [0.4, 0.5) is 9.59 Å². The van der Waals surface area contributed by atoms with Gasteiger partial charge in [0, 0.05) is 13.7 Å². The molecule has 4 saturated heterocycles. The molecule has 2 amide bonds. The topological polar surface area (TPSA) is 120 Å². The van der Waals surface area contributed by atoms with Gasteiger partial charge in [-0.05, 0) is 41.0 Å². The smallest absolute Gasteiger partial charge is 0.420 e. The highest BCUT2D eigenvalue weighted by molar-refractivity contribution is 5.90. The van der Waals surface area contributed by atoms with Gasteiger partial charge >= 0.3 is 12.2 Å². The van der Waals surface area contributed by atoms with Gasteiger partial charge in [0.1, 0.15) is 36.7 Å².